The van der Waals surface area contributed by atoms with E-state index in [0.29, 0.717) is 30.5 Å². The molecule has 1 aromatic rings. The molecule has 0 radical (unpaired) electrons. The zero-order chi connectivity index (χ0) is 31.6. The number of nitrogens with one attached hydrogen (secondary N) is 3. The van der Waals surface area contributed by atoms with E-state index in [2.05, 4.69) is 22.2 Å². The van der Waals surface area contributed by atoms with Crippen molar-refractivity contribution in [3.63, 3.8) is 0 Å². The van der Waals surface area contributed by atoms with E-state index in [1.165, 1.54) is 0 Å². The number of carbonyl (C=O) groups is 4. The van der Waals surface area contributed by atoms with E-state index < -0.39 is 11.9 Å². The van der Waals surface area contributed by atoms with Gasteiger partial charge in [-0.15, -0.1) is 0 Å². The molecule has 0 spiro atoms. The summed E-state index contributed by atoms with van der Waals surface area (Å²) in [6.07, 6.45) is 5.61. The molecule has 0 aromatic carbocycles. The molecule has 0 unspecified atom stereocenters. The van der Waals surface area contributed by atoms with E-state index in [1.807, 2.05) is 40.7 Å². The zero-order valence-corrected chi connectivity index (χ0v) is 25.4. The van der Waals surface area contributed by atoms with Gasteiger partial charge >= 0.3 is 11.9 Å². The number of aromatic nitrogens is 1. The summed E-state index contributed by atoms with van der Waals surface area (Å²) in [6, 6.07) is -0.393. The van der Waals surface area contributed by atoms with Gasteiger partial charge in [-0.1, -0.05) is 19.6 Å². The molecule has 43 heavy (non-hydrogen) atoms. The minimum absolute atomic E-state index is 0.0540. The molecule has 3 aliphatic rings. The second kappa shape index (κ2) is 12.8. The molecule has 0 bridgehead atoms. The Balaban J connectivity index is 1.74. The van der Waals surface area contributed by atoms with Crippen LogP contribution in [0.2, 0.25) is 0 Å². The van der Waals surface area contributed by atoms with Gasteiger partial charge in [-0.05, 0) is 86.5 Å². The average Bonchev–Trinajstić information content (AvgIpc) is 3.59. The molecule has 0 aliphatic carbocycles. The van der Waals surface area contributed by atoms with Crippen molar-refractivity contribution in [3.05, 3.63) is 74.3 Å². The number of hydrogen-bond donors (Lipinski definition) is 5. The molecule has 228 valence electrons. The normalized spacial score (nSPS) is 21.2. The number of carbonyl (C=O) groups excluding carboxylic acids is 2. The number of hydrogen-bond acceptors (Lipinski definition) is 5. The molecule has 4 heterocycles. The first kappa shape index (κ1) is 31.5. The molecular formula is C33H40N4O6. The quantitative estimate of drug-likeness (QED) is 0.228. The third-order valence-electron chi connectivity index (χ3n) is 8.86. The lowest BCUT2D eigenvalue weighted by atomic mass is 9.95. The van der Waals surface area contributed by atoms with Crippen LogP contribution in [0.3, 0.4) is 0 Å². The Morgan fingerprint density at radius 2 is 1.58 bits per heavy atom. The van der Waals surface area contributed by atoms with Crippen molar-refractivity contribution < 1.29 is 29.4 Å². The molecule has 2 atom stereocenters. The van der Waals surface area contributed by atoms with Crippen LogP contribution in [0, 0.1) is 6.92 Å². The highest BCUT2D eigenvalue weighted by Gasteiger charge is 2.32. The smallest absolute Gasteiger partial charge is 0.303 e. The number of aromatic amines is 1. The maximum atomic E-state index is 12.4. The Morgan fingerprint density at radius 3 is 2.19 bits per heavy atom. The lowest BCUT2D eigenvalue weighted by Gasteiger charge is -2.14. The summed E-state index contributed by atoms with van der Waals surface area (Å²) in [5.74, 6) is -2.07. The standard InChI is InChI=1S/C33H40N4O6/c1-7-20-19(6)32(42)37-27(20)14-25-18(5)23(10-12-31(40)41)29(35-25)15-28-22(9-11-30(38)39)17(4)24(34-28)13-26-16(3)21(8-2)33(43)36-26/h8,15,26-27,35H,2,7,9-14H2,1,3-6H3,(H,36,43)(H,37,42)(H,38,39)(H,40,41)/b28-15+/t26-,27-/m0/s1. The van der Waals surface area contributed by atoms with E-state index in [9.17, 15) is 29.4 Å². The van der Waals surface area contributed by atoms with Gasteiger partial charge in [-0.25, -0.2) is 0 Å². The van der Waals surface area contributed by atoms with E-state index in [4.69, 9.17) is 4.99 Å². The van der Waals surface area contributed by atoms with Crippen LogP contribution in [0.4, 0.5) is 0 Å². The number of H-pyrrole nitrogens is 1. The van der Waals surface area contributed by atoms with Gasteiger partial charge < -0.3 is 25.8 Å². The van der Waals surface area contributed by atoms with Gasteiger partial charge in [-0.2, -0.15) is 0 Å². The fourth-order valence-electron chi connectivity index (χ4n) is 6.28. The van der Waals surface area contributed by atoms with Crippen LogP contribution in [0.1, 0.15) is 82.3 Å². The van der Waals surface area contributed by atoms with Crippen molar-refractivity contribution in [2.45, 2.75) is 91.6 Å². The van der Waals surface area contributed by atoms with E-state index in [1.54, 1.807) is 6.08 Å². The third-order valence-corrected chi connectivity index (χ3v) is 8.86. The van der Waals surface area contributed by atoms with Crippen molar-refractivity contribution in [2.75, 3.05) is 0 Å². The Morgan fingerprint density at radius 1 is 0.930 bits per heavy atom. The fraction of sp³-hybridized carbons (Fsp3) is 0.424. The van der Waals surface area contributed by atoms with Crippen molar-refractivity contribution in [2.24, 2.45) is 4.99 Å². The van der Waals surface area contributed by atoms with Crippen LogP contribution < -0.4 is 10.6 Å². The molecule has 2 amide bonds. The number of carboxylic acids is 2. The monoisotopic (exact) mass is 588 g/mol. The Bertz CT molecular complexity index is 1560. The second-order valence-corrected chi connectivity index (χ2v) is 11.4. The maximum Gasteiger partial charge on any atom is 0.303 e. The first-order valence-electron chi connectivity index (χ1n) is 14.6. The highest BCUT2D eigenvalue weighted by Crippen LogP contribution is 2.35. The zero-order valence-electron chi connectivity index (χ0n) is 25.4. The fourth-order valence-corrected chi connectivity index (χ4v) is 6.28. The summed E-state index contributed by atoms with van der Waals surface area (Å²) in [5, 5.41) is 24.9. The van der Waals surface area contributed by atoms with Crippen LogP contribution in [-0.2, 0) is 32.0 Å². The molecule has 10 heteroatoms. The Hall–Kier alpha value is -4.47. The van der Waals surface area contributed by atoms with Gasteiger partial charge in [0.1, 0.15) is 0 Å². The molecule has 0 saturated heterocycles. The highest BCUT2D eigenvalue weighted by atomic mass is 16.4. The summed E-state index contributed by atoms with van der Waals surface area (Å²) < 4.78 is 0. The van der Waals surface area contributed by atoms with Gasteiger partial charge in [0.25, 0.3) is 5.91 Å². The molecule has 5 N–H and O–H groups in total. The van der Waals surface area contributed by atoms with Crippen LogP contribution in [0.25, 0.3) is 6.08 Å². The predicted molar refractivity (Wildman–Crippen MR) is 165 cm³/mol. The number of aliphatic imine (C=N–C) groups is 1. The van der Waals surface area contributed by atoms with Gasteiger partial charge in [-0.3, -0.25) is 24.2 Å². The Labute approximate surface area is 251 Å². The van der Waals surface area contributed by atoms with Crippen molar-refractivity contribution in [1.29, 1.82) is 0 Å². The van der Waals surface area contributed by atoms with E-state index in [0.717, 1.165) is 62.5 Å². The summed E-state index contributed by atoms with van der Waals surface area (Å²) in [6.45, 7) is 13.4. The summed E-state index contributed by atoms with van der Waals surface area (Å²) in [4.78, 5) is 56.2. The second-order valence-electron chi connectivity index (χ2n) is 11.4. The molecule has 3 aliphatic heterocycles. The number of nitrogens with zero attached hydrogens (tertiary/aromatic N) is 1. The number of aliphatic carboxylic acids is 2. The molecule has 0 saturated carbocycles. The Kier molecular flexibility index (Phi) is 9.37. The van der Waals surface area contributed by atoms with E-state index >= 15 is 0 Å². The van der Waals surface area contributed by atoms with Crippen LogP contribution in [0.15, 0.2) is 56.8 Å². The van der Waals surface area contributed by atoms with Crippen molar-refractivity contribution in [3.8, 4) is 0 Å². The van der Waals surface area contributed by atoms with Gasteiger partial charge in [0.05, 0.1) is 17.8 Å². The molecule has 4 rings (SSSR count). The predicted octanol–water partition coefficient (Wildman–Crippen LogP) is 4.48. The number of amides is 2. The largest absolute Gasteiger partial charge is 0.481 e. The maximum absolute atomic E-state index is 12.4. The topological polar surface area (TPSA) is 161 Å². The van der Waals surface area contributed by atoms with Gasteiger partial charge in [0.15, 0.2) is 0 Å². The number of allylic oxidation sites excluding steroid dienone is 2. The highest BCUT2D eigenvalue weighted by molar-refractivity contribution is 6.07. The third kappa shape index (κ3) is 6.48. The summed E-state index contributed by atoms with van der Waals surface area (Å²) in [5.41, 5.74) is 9.71. The molecule has 0 fully saturated rings. The lowest BCUT2D eigenvalue weighted by molar-refractivity contribution is -0.138. The first-order chi connectivity index (χ1) is 20.4. The molecule has 10 nitrogen and oxygen atoms in total. The number of carboxylic acid groups (broad SMARTS) is 2. The minimum atomic E-state index is -0.917. The number of rotatable bonds is 13. The lowest BCUT2D eigenvalue weighted by Crippen LogP contribution is -2.31. The van der Waals surface area contributed by atoms with E-state index in [-0.39, 0.29) is 43.2 Å². The van der Waals surface area contributed by atoms with Gasteiger partial charge in [0, 0.05) is 53.9 Å². The van der Waals surface area contributed by atoms with Crippen molar-refractivity contribution >= 4 is 35.5 Å². The van der Waals surface area contributed by atoms with Gasteiger partial charge in [0.2, 0.25) is 5.91 Å². The first-order valence-corrected chi connectivity index (χ1v) is 14.6. The van der Waals surface area contributed by atoms with Crippen LogP contribution in [0.5, 0.6) is 0 Å². The average molecular weight is 589 g/mol. The summed E-state index contributed by atoms with van der Waals surface area (Å²) in [7, 11) is 0. The minimum Gasteiger partial charge on any atom is -0.481 e. The van der Waals surface area contributed by atoms with Crippen LogP contribution in [-0.4, -0.2) is 56.7 Å². The SMILES string of the molecule is C=CC1=C(C)[C@H](CC2=N/C(=C/c3[nH]c(C[C@@H]4NC(=O)C(C)=C4CC)c(C)c3CCC(=O)O)C(CCC(=O)O)=C2C)NC1=O. The van der Waals surface area contributed by atoms with Crippen molar-refractivity contribution in [1.82, 2.24) is 15.6 Å². The molecular weight excluding hydrogens is 548 g/mol. The van der Waals surface area contributed by atoms with Crippen LogP contribution >= 0.6 is 0 Å². The molecule has 1 aromatic heterocycles. The summed E-state index contributed by atoms with van der Waals surface area (Å²) >= 11 is 0.